The van der Waals surface area contributed by atoms with Crippen LogP contribution in [0.4, 0.5) is 0 Å². The quantitative estimate of drug-likeness (QED) is 0.303. The number of carbonyl (C=O) groups is 1. The van der Waals surface area contributed by atoms with Crippen LogP contribution in [0.25, 0.3) is 0 Å². The van der Waals surface area contributed by atoms with Gasteiger partial charge in [-0.2, -0.15) is 0 Å². The number of unbranched alkanes of at least 4 members (excludes halogenated alkanes) is 1. The van der Waals surface area contributed by atoms with E-state index in [1.54, 1.807) is 6.07 Å². The van der Waals surface area contributed by atoms with Crippen LogP contribution in [-0.4, -0.2) is 76.1 Å². The van der Waals surface area contributed by atoms with Crippen molar-refractivity contribution in [3.63, 3.8) is 0 Å². The predicted molar refractivity (Wildman–Crippen MR) is 159 cm³/mol. The van der Waals surface area contributed by atoms with Gasteiger partial charge >= 0.3 is 5.97 Å². The maximum atomic E-state index is 14.2. The number of ether oxygens (including phenoxy) is 3. The number of sulfone groups is 1. The maximum Gasteiger partial charge on any atom is 0.308 e. The lowest BCUT2D eigenvalue weighted by molar-refractivity contribution is -0.552. The molecule has 3 fully saturated rings. The van der Waals surface area contributed by atoms with E-state index in [0.29, 0.717) is 22.9 Å². The number of halogens is 1. The van der Waals surface area contributed by atoms with Crippen molar-refractivity contribution < 1.29 is 47.8 Å². The zero-order chi connectivity index (χ0) is 31.6. The summed E-state index contributed by atoms with van der Waals surface area (Å²) in [6, 6.07) is 12.3. The average molecular weight is 684 g/mol. The molecule has 4 aliphatic rings. The lowest BCUT2D eigenvalue weighted by Gasteiger charge is -2.69. The van der Waals surface area contributed by atoms with Crippen molar-refractivity contribution in [2.45, 2.75) is 106 Å². The number of fused-ring (bicyclic) bond motifs is 3. The number of hydrogen-bond donors (Lipinski definition) is 4. The minimum atomic E-state index is -3.96. The standard InChI is InChI=1S/C31H39BrO10S/c1-5-7-13-30(6-2)17-43(38,39)22-15-21(20(32)14-19(22)24(25(30)35)18-11-9-8-10-12-18)40-27-26(36)28(3)29(4,37)31(41-27,42-28)16-23(33)34/h8-12,14-15,24-27,35-37H,5-7,13,16-17H2,1-4H3,(H,33,34). The minimum absolute atomic E-state index is 0.00408. The molecule has 2 aromatic carbocycles. The number of carboxylic acids is 1. The Hall–Kier alpha value is -2.06. The van der Waals surface area contributed by atoms with Crippen LogP contribution in [0.1, 0.15) is 76.8 Å². The van der Waals surface area contributed by atoms with Gasteiger partial charge in [-0.15, -0.1) is 0 Å². The molecule has 2 bridgehead atoms. The van der Waals surface area contributed by atoms with Crippen LogP contribution in [0.2, 0.25) is 0 Å². The van der Waals surface area contributed by atoms with E-state index in [2.05, 4.69) is 15.9 Å². The van der Waals surface area contributed by atoms with Crippen molar-refractivity contribution in [1.29, 1.82) is 0 Å². The van der Waals surface area contributed by atoms with Crippen LogP contribution in [0.5, 0.6) is 5.75 Å². The highest BCUT2D eigenvalue weighted by Crippen LogP contribution is 2.60. The summed E-state index contributed by atoms with van der Waals surface area (Å²) >= 11 is 3.50. The number of carboxylic acid groups (broad SMARTS) is 1. The van der Waals surface area contributed by atoms with Crippen molar-refractivity contribution >= 4 is 31.7 Å². The Morgan fingerprint density at radius 1 is 1.12 bits per heavy atom. The second-order valence-electron chi connectivity index (χ2n) is 12.4. The SMILES string of the molecule is CCCCC1(CC)CS(=O)(=O)c2cc(OC3OC4(CC(=O)O)OC(C)(C3O)C4(C)O)c(Br)cc2C(c2ccccc2)C1O. The second-order valence-corrected chi connectivity index (χ2v) is 15.2. The Balaban J connectivity index is 1.60. The zero-order valence-corrected chi connectivity index (χ0v) is 27.0. The summed E-state index contributed by atoms with van der Waals surface area (Å²) in [5.41, 5.74) is -3.17. The lowest BCUT2D eigenvalue weighted by atomic mass is 9.65. The molecular formula is C31H39BrO10S. The number of aliphatic hydroxyl groups is 3. The van der Waals surface area contributed by atoms with Gasteiger partial charge in [0.05, 0.1) is 21.2 Å². The molecule has 0 spiro atoms. The molecule has 12 heteroatoms. The van der Waals surface area contributed by atoms with E-state index in [4.69, 9.17) is 14.2 Å². The van der Waals surface area contributed by atoms with Gasteiger partial charge in [-0.05, 0) is 59.8 Å². The summed E-state index contributed by atoms with van der Waals surface area (Å²) in [4.78, 5) is 11.6. The molecule has 4 N–H and O–H groups in total. The molecule has 2 aromatic rings. The van der Waals surface area contributed by atoms with Crippen LogP contribution in [0.15, 0.2) is 51.8 Å². The normalized spacial score (nSPS) is 38.0. The lowest BCUT2D eigenvalue weighted by Crippen LogP contribution is -2.89. The number of aliphatic hydroxyl groups excluding tert-OH is 2. The number of rotatable bonds is 9. The molecule has 236 valence electrons. The van der Waals surface area contributed by atoms with E-state index in [1.807, 2.05) is 44.2 Å². The van der Waals surface area contributed by atoms with E-state index >= 15 is 0 Å². The van der Waals surface area contributed by atoms with E-state index in [-0.39, 0.29) is 16.4 Å². The second kappa shape index (κ2) is 11.1. The fraction of sp³-hybridized carbons (Fsp3) is 0.581. The molecule has 4 aliphatic heterocycles. The van der Waals surface area contributed by atoms with E-state index in [1.165, 1.54) is 19.9 Å². The molecule has 0 aliphatic carbocycles. The third-order valence-corrected chi connectivity index (χ3v) is 12.5. The number of aliphatic carboxylic acids is 1. The first kappa shape index (κ1) is 32.3. The molecule has 0 aromatic heterocycles. The molecule has 8 unspecified atom stereocenters. The fourth-order valence-corrected chi connectivity index (χ4v) is 9.73. The largest absolute Gasteiger partial charge is 0.481 e. The summed E-state index contributed by atoms with van der Waals surface area (Å²) in [6.45, 7) is 6.70. The van der Waals surface area contributed by atoms with Crippen molar-refractivity contribution in [3.8, 4) is 5.75 Å². The first-order valence-electron chi connectivity index (χ1n) is 14.5. The Bertz CT molecular complexity index is 1500. The van der Waals surface area contributed by atoms with Gasteiger partial charge in [0, 0.05) is 17.4 Å². The van der Waals surface area contributed by atoms with E-state index in [9.17, 15) is 33.6 Å². The molecule has 43 heavy (non-hydrogen) atoms. The molecule has 3 saturated heterocycles. The first-order valence-corrected chi connectivity index (χ1v) is 17.0. The number of hydrogen-bond acceptors (Lipinski definition) is 9. The van der Waals surface area contributed by atoms with Crippen LogP contribution < -0.4 is 4.74 Å². The van der Waals surface area contributed by atoms with Gasteiger partial charge in [-0.25, -0.2) is 8.42 Å². The van der Waals surface area contributed by atoms with Crippen LogP contribution >= 0.6 is 15.9 Å². The van der Waals surface area contributed by atoms with Gasteiger partial charge in [-0.1, -0.05) is 57.0 Å². The fourth-order valence-electron chi connectivity index (χ4n) is 7.01. The molecule has 0 saturated carbocycles. The van der Waals surface area contributed by atoms with Crippen molar-refractivity contribution in [2.24, 2.45) is 5.41 Å². The molecular weight excluding hydrogens is 644 g/mol. The summed E-state index contributed by atoms with van der Waals surface area (Å²) in [5.74, 6) is -4.15. The Kier molecular flexibility index (Phi) is 8.33. The van der Waals surface area contributed by atoms with Crippen molar-refractivity contribution in [2.75, 3.05) is 5.75 Å². The van der Waals surface area contributed by atoms with E-state index in [0.717, 1.165) is 18.4 Å². The van der Waals surface area contributed by atoms with Gasteiger partial charge in [0.25, 0.3) is 0 Å². The van der Waals surface area contributed by atoms with Gasteiger partial charge in [0.15, 0.2) is 9.84 Å². The van der Waals surface area contributed by atoms with Gasteiger partial charge < -0.3 is 34.6 Å². The highest BCUT2D eigenvalue weighted by Gasteiger charge is 2.81. The van der Waals surface area contributed by atoms with Gasteiger partial charge in [-0.3, -0.25) is 4.79 Å². The highest BCUT2D eigenvalue weighted by molar-refractivity contribution is 9.10. The van der Waals surface area contributed by atoms with Gasteiger partial charge in [0.1, 0.15) is 29.5 Å². The third kappa shape index (κ3) is 4.93. The molecule has 8 atom stereocenters. The Morgan fingerprint density at radius 3 is 2.37 bits per heavy atom. The first-order chi connectivity index (χ1) is 20.1. The van der Waals surface area contributed by atoms with Crippen LogP contribution in [-0.2, 0) is 24.1 Å². The Labute approximate surface area is 260 Å². The van der Waals surface area contributed by atoms with E-state index < -0.39 is 69.0 Å². The molecule has 6 rings (SSSR count). The monoisotopic (exact) mass is 682 g/mol. The summed E-state index contributed by atoms with van der Waals surface area (Å²) in [7, 11) is -3.96. The predicted octanol–water partition coefficient (Wildman–Crippen LogP) is 4.12. The summed E-state index contributed by atoms with van der Waals surface area (Å²) in [5, 5.41) is 43.7. The zero-order valence-electron chi connectivity index (χ0n) is 24.6. The summed E-state index contributed by atoms with van der Waals surface area (Å²) < 4.78 is 46.1. The average Bonchev–Trinajstić information content (AvgIpc) is 3.01. The maximum absolute atomic E-state index is 14.2. The highest BCUT2D eigenvalue weighted by atomic mass is 79.9. The van der Waals surface area contributed by atoms with Crippen LogP contribution in [0.3, 0.4) is 0 Å². The molecule has 0 amide bonds. The topological polar surface area (TPSA) is 160 Å². The third-order valence-electron chi connectivity index (χ3n) is 9.89. The summed E-state index contributed by atoms with van der Waals surface area (Å²) in [6.07, 6.45) is -2.14. The van der Waals surface area contributed by atoms with Gasteiger partial charge in [0.2, 0.25) is 12.1 Å². The molecule has 10 nitrogen and oxygen atoms in total. The smallest absolute Gasteiger partial charge is 0.308 e. The Morgan fingerprint density at radius 2 is 1.79 bits per heavy atom. The molecule has 4 heterocycles. The van der Waals surface area contributed by atoms with Crippen LogP contribution in [0, 0.1) is 5.41 Å². The number of benzene rings is 2. The molecule has 0 radical (unpaired) electrons. The van der Waals surface area contributed by atoms with Crippen molar-refractivity contribution in [1.82, 2.24) is 0 Å². The minimum Gasteiger partial charge on any atom is -0.481 e. The van der Waals surface area contributed by atoms with Crippen molar-refractivity contribution in [3.05, 3.63) is 58.1 Å².